The van der Waals surface area contributed by atoms with E-state index in [-0.39, 0.29) is 91.9 Å². The smallest absolute Gasteiger partial charge is 0.416 e. The number of carbonyl (C=O) groups excluding carboxylic acids is 8. The number of hydrogen-bond acceptors (Lipinski definition) is 15. The Morgan fingerprint density at radius 2 is 1.66 bits per heavy atom. The van der Waals surface area contributed by atoms with Crippen LogP contribution in [0, 0.1) is 5.92 Å². The third kappa shape index (κ3) is 15.5. The predicted octanol–water partition coefficient (Wildman–Crippen LogP) is 3.10. The summed E-state index contributed by atoms with van der Waals surface area (Å²) in [7, 11) is 1.56. The number of fused-ring (bicyclic) bond motifs is 2. The lowest BCUT2D eigenvalue weighted by Gasteiger charge is -2.37. The van der Waals surface area contributed by atoms with Gasteiger partial charge < -0.3 is 56.0 Å². The van der Waals surface area contributed by atoms with Gasteiger partial charge in [-0.3, -0.25) is 43.4 Å². The van der Waals surface area contributed by atoms with E-state index in [2.05, 4.69) is 41.5 Å². The SMILES string of the molecule is COc1ccc2ncc(=O)n(CCN3CCC(N(C(=O)OCc4ccc(NC(=O)C(/C=C/CCNC(N)=O)NC(=O)[C@@H](NC(=O)CCCCCN5C(=O)C=CC5=O)C(C)C)cc4)c4ccc5c(n4)NC(=O)CO5)CC3)c2c1. The minimum Gasteiger partial charge on any atom is -0.497 e. The number of methoxy groups -OCH3 is 1. The fraction of sp³-hybridized carbons (Fsp3) is 0.415. The van der Waals surface area contributed by atoms with Crippen molar-refractivity contribution < 1.29 is 52.6 Å². The summed E-state index contributed by atoms with van der Waals surface area (Å²) >= 11 is 0. The molecule has 0 aliphatic carbocycles. The Labute approximate surface area is 443 Å². The second kappa shape index (κ2) is 26.7. The van der Waals surface area contributed by atoms with Gasteiger partial charge >= 0.3 is 12.1 Å². The summed E-state index contributed by atoms with van der Waals surface area (Å²) in [4.78, 5) is 128. The van der Waals surface area contributed by atoms with Crippen LogP contribution in [0.4, 0.5) is 26.9 Å². The second-order valence-corrected chi connectivity index (χ2v) is 18.9. The number of pyridine rings is 1. The van der Waals surface area contributed by atoms with Gasteiger partial charge in [0, 0.05) is 75.6 Å². The lowest BCUT2D eigenvalue weighted by atomic mass is 10.0. The second-order valence-electron chi connectivity index (χ2n) is 18.9. The summed E-state index contributed by atoms with van der Waals surface area (Å²) in [6.45, 7) is 5.74. The highest BCUT2D eigenvalue weighted by Gasteiger charge is 2.33. The Kier molecular flexibility index (Phi) is 19.4. The van der Waals surface area contributed by atoms with Crippen LogP contribution in [0.3, 0.4) is 0 Å². The molecule has 7 rings (SSSR count). The number of nitrogens with one attached hydrogen (secondary N) is 5. The van der Waals surface area contributed by atoms with Crippen LogP contribution < -0.4 is 52.3 Å². The fourth-order valence-electron chi connectivity index (χ4n) is 8.90. The molecule has 5 heterocycles. The summed E-state index contributed by atoms with van der Waals surface area (Å²) in [5.41, 5.74) is 7.22. The van der Waals surface area contributed by atoms with Crippen molar-refractivity contribution in [1.29, 1.82) is 0 Å². The number of carbonyl (C=O) groups is 8. The van der Waals surface area contributed by atoms with Gasteiger partial charge in [0.2, 0.25) is 11.8 Å². The van der Waals surface area contributed by atoms with Crippen LogP contribution in [-0.4, -0.2) is 136 Å². The van der Waals surface area contributed by atoms with E-state index in [1.54, 1.807) is 86.2 Å². The number of nitrogens with two attached hydrogens (primary N) is 1. The average molecular weight is 1060 g/mol. The standard InChI is InChI=1S/C53H64N12O12/c1-33(2)48(60-43(66)10-5-4-8-24-64-45(68)19-20-46(64)69)51(72)58-39(9-6-7-23-55-52(54)73)50(71)57-35-13-11-34(12-14-35)31-77-53(74)65(42-18-17-41-49(59-42)61-44(67)32-76-41)36-21-25-62(26-22-36)27-28-63-40-29-37(75-3)15-16-38(40)56-30-47(63)70/h6,9,11-20,29-30,33,36,39,48H,4-5,7-8,10,21-28,31-32H2,1-3H3,(H,57,71)(H,58,72)(H,60,66)(H3,54,55,73)(H,59,61,67)/b9-6+/t39?,48-/m0/s1. The van der Waals surface area contributed by atoms with E-state index < -0.39 is 36.0 Å². The van der Waals surface area contributed by atoms with E-state index in [9.17, 15) is 43.2 Å². The molecule has 3 aliphatic heterocycles. The Hall–Kier alpha value is -8.67. The van der Waals surface area contributed by atoms with E-state index in [1.807, 2.05) is 0 Å². The summed E-state index contributed by atoms with van der Waals surface area (Å²) in [5.74, 6) is -1.70. The molecule has 0 radical (unpaired) electrons. The maximum atomic E-state index is 14.2. The van der Waals surface area contributed by atoms with E-state index in [0.717, 1.165) is 4.90 Å². The number of aromatic nitrogens is 3. The van der Waals surface area contributed by atoms with Gasteiger partial charge in [0.15, 0.2) is 18.2 Å². The number of hydrogen-bond donors (Lipinski definition) is 6. The first-order valence-electron chi connectivity index (χ1n) is 25.5. The number of rotatable bonds is 24. The first-order chi connectivity index (χ1) is 37.1. The highest BCUT2D eigenvalue weighted by atomic mass is 16.6. The van der Waals surface area contributed by atoms with Crippen LogP contribution in [0.1, 0.15) is 64.4 Å². The molecule has 0 saturated carbocycles. The molecule has 2 aromatic carbocycles. The zero-order chi connectivity index (χ0) is 55.0. The quantitative estimate of drug-likeness (QED) is 0.0334. The molecular weight excluding hydrogens is 997 g/mol. The number of anilines is 3. The molecular formula is C53H64N12O12. The van der Waals surface area contributed by atoms with Crippen LogP contribution in [0.2, 0.25) is 0 Å². The van der Waals surface area contributed by atoms with Crippen molar-refractivity contribution in [3.63, 3.8) is 0 Å². The lowest BCUT2D eigenvalue weighted by Crippen LogP contribution is -2.54. The molecule has 7 N–H and O–H groups in total. The van der Waals surface area contributed by atoms with Crippen molar-refractivity contribution in [2.24, 2.45) is 11.7 Å². The molecule has 24 nitrogen and oxygen atoms in total. The minimum atomic E-state index is -1.22. The molecule has 0 bridgehead atoms. The number of amides is 9. The number of primary amides is 1. The number of unbranched alkanes of at least 4 members (excludes halogenated alkanes) is 2. The van der Waals surface area contributed by atoms with E-state index in [4.69, 9.17) is 19.9 Å². The average Bonchev–Trinajstić information content (AvgIpc) is 3.74. The van der Waals surface area contributed by atoms with Crippen molar-refractivity contribution in [2.45, 2.75) is 90.1 Å². The molecule has 77 heavy (non-hydrogen) atoms. The Bertz CT molecular complexity index is 2930. The van der Waals surface area contributed by atoms with E-state index in [0.29, 0.717) is 92.1 Å². The minimum absolute atomic E-state index is 0.0958. The van der Waals surface area contributed by atoms with Gasteiger partial charge in [-0.25, -0.2) is 19.6 Å². The van der Waals surface area contributed by atoms with Crippen LogP contribution in [0.25, 0.3) is 11.0 Å². The number of piperidine rings is 1. The summed E-state index contributed by atoms with van der Waals surface area (Å²) in [5, 5.41) is 13.4. The van der Waals surface area contributed by atoms with Crippen LogP contribution in [-0.2, 0) is 46.7 Å². The first-order valence-corrected chi connectivity index (χ1v) is 25.5. The van der Waals surface area contributed by atoms with Crippen LogP contribution >= 0.6 is 0 Å². The molecule has 1 unspecified atom stereocenters. The maximum Gasteiger partial charge on any atom is 0.416 e. The van der Waals surface area contributed by atoms with Gasteiger partial charge in [0.25, 0.3) is 29.2 Å². The zero-order valence-electron chi connectivity index (χ0n) is 43.2. The third-order valence-corrected chi connectivity index (χ3v) is 13.1. The molecule has 1 fully saturated rings. The van der Waals surface area contributed by atoms with Crippen molar-refractivity contribution >= 4 is 75.9 Å². The highest BCUT2D eigenvalue weighted by molar-refractivity contribution is 6.12. The number of benzene rings is 2. The Morgan fingerprint density at radius 1 is 0.909 bits per heavy atom. The van der Waals surface area contributed by atoms with Gasteiger partial charge in [0.05, 0.1) is 24.3 Å². The van der Waals surface area contributed by atoms with Gasteiger partial charge in [-0.15, -0.1) is 0 Å². The first kappa shape index (κ1) is 56.1. The Morgan fingerprint density at radius 3 is 2.38 bits per heavy atom. The normalized spacial score (nSPS) is 15.4. The van der Waals surface area contributed by atoms with E-state index >= 15 is 0 Å². The molecule has 4 aromatic rings. The van der Waals surface area contributed by atoms with Gasteiger partial charge in [-0.1, -0.05) is 44.6 Å². The van der Waals surface area contributed by atoms with E-state index in [1.165, 1.54) is 29.3 Å². The number of urea groups is 1. The number of nitrogens with zero attached hydrogens (tertiary/aromatic N) is 6. The zero-order valence-corrected chi connectivity index (χ0v) is 43.2. The Balaban J connectivity index is 0.958. The van der Waals surface area contributed by atoms with Crippen LogP contribution in [0.5, 0.6) is 11.5 Å². The molecule has 9 amide bonds. The number of imide groups is 1. The molecule has 0 spiro atoms. The molecule has 1 saturated heterocycles. The van der Waals surface area contributed by atoms with Crippen molar-refractivity contribution in [1.82, 2.24) is 40.3 Å². The van der Waals surface area contributed by atoms with Crippen molar-refractivity contribution in [2.75, 3.05) is 62.0 Å². The largest absolute Gasteiger partial charge is 0.497 e. The molecule has 408 valence electrons. The highest BCUT2D eigenvalue weighted by Crippen LogP contribution is 2.32. The fourth-order valence-corrected chi connectivity index (χ4v) is 8.90. The molecule has 2 atom stereocenters. The molecule has 24 heteroatoms. The molecule has 3 aliphatic rings. The van der Waals surface area contributed by atoms with Gasteiger partial charge in [0.1, 0.15) is 30.3 Å². The summed E-state index contributed by atoms with van der Waals surface area (Å²) in [6, 6.07) is 11.9. The van der Waals surface area contributed by atoms with Crippen molar-refractivity contribution in [3.8, 4) is 11.5 Å². The van der Waals surface area contributed by atoms with Crippen molar-refractivity contribution in [3.05, 3.63) is 101 Å². The maximum absolute atomic E-state index is 14.2. The number of ether oxygens (including phenoxy) is 3. The van der Waals surface area contributed by atoms with Crippen LogP contribution in [0.15, 0.2) is 89.9 Å². The summed E-state index contributed by atoms with van der Waals surface area (Å²) in [6.07, 6.45) is 9.11. The topological polar surface area (TPSA) is 308 Å². The monoisotopic (exact) mass is 1060 g/mol. The third-order valence-electron chi connectivity index (χ3n) is 13.1. The molecule has 2 aromatic heterocycles. The lowest BCUT2D eigenvalue weighted by molar-refractivity contribution is -0.137. The number of likely N-dealkylation sites (tertiary alicyclic amines) is 1. The predicted molar refractivity (Wildman–Crippen MR) is 282 cm³/mol. The van der Waals surface area contributed by atoms with Gasteiger partial charge in [-0.2, -0.15) is 0 Å². The van der Waals surface area contributed by atoms with Gasteiger partial charge in [-0.05, 0) is 80.0 Å². The summed E-state index contributed by atoms with van der Waals surface area (Å²) < 4.78 is 18.5.